The summed E-state index contributed by atoms with van der Waals surface area (Å²) >= 11 is 0. The summed E-state index contributed by atoms with van der Waals surface area (Å²) in [6, 6.07) is 7.75. The first kappa shape index (κ1) is 16.8. The molecule has 1 saturated carbocycles. The van der Waals surface area contributed by atoms with E-state index in [1.807, 2.05) is 24.3 Å². The molecule has 1 atom stereocenters. The molecule has 5 nitrogen and oxygen atoms in total. The summed E-state index contributed by atoms with van der Waals surface area (Å²) in [5.74, 6) is 0.914. The van der Waals surface area contributed by atoms with E-state index in [-0.39, 0.29) is 19.1 Å². The number of nitrogens with one attached hydrogen (secondary N) is 1. The number of ether oxygens (including phenoxy) is 2. The average Bonchev–Trinajstić information content (AvgIpc) is 3.26. The zero-order chi connectivity index (χ0) is 16.2. The molecule has 2 N–H and O–H groups in total. The third-order valence-electron chi connectivity index (χ3n) is 4.06. The van der Waals surface area contributed by atoms with E-state index in [0.29, 0.717) is 11.7 Å². The zero-order valence-corrected chi connectivity index (χ0v) is 13.5. The first-order valence-electron chi connectivity index (χ1n) is 7.67. The van der Waals surface area contributed by atoms with Crippen LogP contribution in [0.2, 0.25) is 0 Å². The Morgan fingerprint density at radius 3 is 2.45 bits per heavy atom. The number of methoxy groups -OCH3 is 1. The van der Waals surface area contributed by atoms with Crippen molar-refractivity contribution in [3.8, 4) is 5.75 Å². The fourth-order valence-electron chi connectivity index (χ4n) is 2.41. The number of rotatable bonds is 8. The van der Waals surface area contributed by atoms with Gasteiger partial charge in [0, 0.05) is 7.11 Å². The highest BCUT2D eigenvalue weighted by molar-refractivity contribution is 5.79. The van der Waals surface area contributed by atoms with Crippen LogP contribution < -0.4 is 10.1 Å². The maximum absolute atomic E-state index is 12.0. The molecule has 22 heavy (non-hydrogen) atoms. The van der Waals surface area contributed by atoms with Crippen LogP contribution in [-0.2, 0) is 9.53 Å². The Kier molecular flexibility index (Phi) is 5.42. The van der Waals surface area contributed by atoms with E-state index >= 15 is 0 Å². The van der Waals surface area contributed by atoms with Gasteiger partial charge in [0.25, 0.3) is 5.91 Å². The number of hydrogen-bond acceptors (Lipinski definition) is 4. The second-order valence-electron chi connectivity index (χ2n) is 6.19. The standard InChI is InChI=1S/C17H25NO4/c1-12(2)13-4-6-14(7-5-13)22-11-16(20)18-17(8-9-17)15(19)10-21-3/h4-7,12,15,19H,8-11H2,1-3H3,(H,18,20). The van der Waals surface area contributed by atoms with Gasteiger partial charge in [-0.3, -0.25) is 4.79 Å². The molecule has 5 heteroatoms. The monoisotopic (exact) mass is 307 g/mol. The van der Waals surface area contributed by atoms with Crippen LogP contribution in [0, 0.1) is 0 Å². The largest absolute Gasteiger partial charge is 0.484 e. The number of carbonyl (C=O) groups excluding carboxylic acids is 1. The fourth-order valence-corrected chi connectivity index (χ4v) is 2.41. The lowest BCUT2D eigenvalue weighted by molar-refractivity contribution is -0.125. The molecule has 1 aromatic rings. The van der Waals surface area contributed by atoms with E-state index in [9.17, 15) is 9.90 Å². The normalized spacial score (nSPS) is 17.1. The van der Waals surface area contributed by atoms with Crippen molar-refractivity contribution in [3.63, 3.8) is 0 Å². The number of hydrogen-bond donors (Lipinski definition) is 2. The Morgan fingerprint density at radius 2 is 1.95 bits per heavy atom. The van der Waals surface area contributed by atoms with Crippen LogP contribution >= 0.6 is 0 Å². The molecule has 0 aliphatic heterocycles. The van der Waals surface area contributed by atoms with Gasteiger partial charge in [0.2, 0.25) is 0 Å². The van der Waals surface area contributed by atoms with Crippen LogP contribution in [-0.4, -0.2) is 43.0 Å². The van der Waals surface area contributed by atoms with Gasteiger partial charge in [0.05, 0.1) is 12.1 Å². The van der Waals surface area contributed by atoms with Crippen LogP contribution in [0.3, 0.4) is 0 Å². The highest BCUT2D eigenvalue weighted by atomic mass is 16.5. The molecule has 1 amide bonds. The molecule has 0 radical (unpaired) electrons. The molecular weight excluding hydrogens is 282 g/mol. The Balaban J connectivity index is 1.80. The minimum absolute atomic E-state index is 0.0531. The Hall–Kier alpha value is -1.59. The lowest BCUT2D eigenvalue weighted by Crippen LogP contribution is -2.49. The summed E-state index contributed by atoms with van der Waals surface area (Å²) in [4.78, 5) is 12.0. The molecule has 2 rings (SSSR count). The molecule has 1 unspecified atom stereocenters. The van der Waals surface area contributed by atoms with E-state index in [1.165, 1.54) is 12.7 Å². The number of benzene rings is 1. The van der Waals surface area contributed by atoms with Crippen molar-refractivity contribution in [1.29, 1.82) is 0 Å². The number of aliphatic hydroxyl groups excluding tert-OH is 1. The topological polar surface area (TPSA) is 67.8 Å². The van der Waals surface area contributed by atoms with Crippen LogP contribution in [0.25, 0.3) is 0 Å². The first-order valence-corrected chi connectivity index (χ1v) is 7.67. The van der Waals surface area contributed by atoms with Crippen molar-refractivity contribution < 1.29 is 19.4 Å². The van der Waals surface area contributed by atoms with Gasteiger partial charge in [-0.1, -0.05) is 26.0 Å². The summed E-state index contributed by atoms with van der Waals surface area (Å²) in [5, 5.41) is 12.8. The maximum Gasteiger partial charge on any atom is 0.258 e. The van der Waals surface area contributed by atoms with Gasteiger partial charge in [0.1, 0.15) is 11.9 Å². The van der Waals surface area contributed by atoms with Gasteiger partial charge in [-0.15, -0.1) is 0 Å². The van der Waals surface area contributed by atoms with Gasteiger partial charge >= 0.3 is 0 Å². The Morgan fingerprint density at radius 1 is 1.32 bits per heavy atom. The van der Waals surface area contributed by atoms with E-state index in [1.54, 1.807) is 0 Å². The summed E-state index contributed by atoms with van der Waals surface area (Å²) in [6.07, 6.45) is 0.866. The van der Waals surface area contributed by atoms with E-state index in [2.05, 4.69) is 19.2 Å². The van der Waals surface area contributed by atoms with Crippen LogP contribution in [0.5, 0.6) is 5.75 Å². The summed E-state index contributed by atoms with van der Waals surface area (Å²) in [7, 11) is 1.53. The molecule has 0 aromatic heterocycles. The zero-order valence-electron chi connectivity index (χ0n) is 13.5. The molecule has 0 bridgehead atoms. The van der Waals surface area contributed by atoms with Gasteiger partial charge in [-0.25, -0.2) is 0 Å². The second-order valence-corrected chi connectivity index (χ2v) is 6.19. The maximum atomic E-state index is 12.0. The summed E-state index contributed by atoms with van der Waals surface area (Å²) in [6.45, 7) is 4.42. The smallest absolute Gasteiger partial charge is 0.258 e. The van der Waals surface area contributed by atoms with Gasteiger partial charge in [0.15, 0.2) is 6.61 Å². The SMILES string of the molecule is COCC(O)C1(NC(=O)COc2ccc(C(C)C)cc2)CC1. The minimum Gasteiger partial charge on any atom is -0.484 e. The minimum atomic E-state index is -0.674. The van der Waals surface area contributed by atoms with Crippen LogP contribution in [0.1, 0.15) is 38.2 Å². The molecule has 1 aliphatic carbocycles. The molecule has 1 aromatic carbocycles. The average molecular weight is 307 g/mol. The van der Waals surface area contributed by atoms with Crippen molar-refractivity contribution in [2.24, 2.45) is 0 Å². The molecule has 0 spiro atoms. The van der Waals surface area contributed by atoms with Crippen molar-refractivity contribution in [1.82, 2.24) is 5.32 Å². The number of carbonyl (C=O) groups is 1. The third kappa shape index (κ3) is 4.21. The van der Waals surface area contributed by atoms with E-state index in [0.717, 1.165) is 12.8 Å². The lowest BCUT2D eigenvalue weighted by atomic mass is 10.0. The van der Waals surface area contributed by atoms with Gasteiger partial charge in [-0.05, 0) is 36.5 Å². The van der Waals surface area contributed by atoms with Crippen LogP contribution in [0.4, 0.5) is 0 Å². The lowest BCUT2D eigenvalue weighted by Gasteiger charge is -2.23. The first-order chi connectivity index (χ1) is 10.5. The van der Waals surface area contributed by atoms with Crippen molar-refractivity contribution in [2.75, 3.05) is 20.3 Å². The Labute approximate surface area is 131 Å². The number of aliphatic hydroxyl groups is 1. The third-order valence-corrected chi connectivity index (χ3v) is 4.06. The van der Waals surface area contributed by atoms with E-state index < -0.39 is 11.6 Å². The predicted molar refractivity (Wildman–Crippen MR) is 84.0 cm³/mol. The molecule has 122 valence electrons. The van der Waals surface area contributed by atoms with Crippen molar-refractivity contribution >= 4 is 5.91 Å². The summed E-state index contributed by atoms with van der Waals surface area (Å²) < 4.78 is 10.4. The molecule has 0 heterocycles. The second kappa shape index (κ2) is 7.11. The number of amides is 1. The molecule has 0 saturated heterocycles. The van der Waals surface area contributed by atoms with Gasteiger partial charge < -0.3 is 19.9 Å². The van der Waals surface area contributed by atoms with Crippen molar-refractivity contribution in [3.05, 3.63) is 29.8 Å². The predicted octanol–water partition coefficient (Wildman–Crippen LogP) is 1.84. The Bertz CT molecular complexity index is 494. The highest BCUT2D eigenvalue weighted by Crippen LogP contribution is 2.38. The van der Waals surface area contributed by atoms with Gasteiger partial charge in [-0.2, -0.15) is 0 Å². The van der Waals surface area contributed by atoms with E-state index in [4.69, 9.17) is 9.47 Å². The molecular formula is C17H25NO4. The quantitative estimate of drug-likeness (QED) is 0.769. The molecule has 1 aliphatic rings. The molecule has 1 fully saturated rings. The van der Waals surface area contributed by atoms with Crippen molar-refractivity contribution in [2.45, 2.75) is 44.2 Å². The fraction of sp³-hybridized carbons (Fsp3) is 0.588. The summed E-state index contributed by atoms with van der Waals surface area (Å²) in [5.41, 5.74) is 0.703. The highest BCUT2D eigenvalue weighted by Gasteiger charge is 2.50. The van der Waals surface area contributed by atoms with Crippen LogP contribution in [0.15, 0.2) is 24.3 Å².